The Labute approximate surface area is 162 Å². The number of carbonyl (C=O) groups excluding carboxylic acids is 3. The summed E-state index contributed by atoms with van der Waals surface area (Å²) in [4.78, 5) is 38.4. The topological polar surface area (TPSA) is 82.1 Å². The van der Waals surface area contributed by atoms with Crippen LogP contribution in [0, 0.1) is 5.92 Å². The lowest BCUT2D eigenvalue weighted by molar-refractivity contribution is -0.147. The number of ether oxygens (including phenoxy) is 3. The van der Waals surface area contributed by atoms with E-state index < -0.39 is 11.9 Å². The predicted octanol–water partition coefficient (Wildman–Crippen LogP) is 2.48. The molecule has 1 amide bonds. The van der Waals surface area contributed by atoms with Crippen molar-refractivity contribution in [2.75, 3.05) is 32.3 Å². The van der Waals surface area contributed by atoms with Crippen molar-refractivity contribution >= 4 is 23.3 Å². The molecule has 1 aliphatic rings. The van der Waals surface area contributed by atoms with Crippen LogP contribution in [0.4, 0.5) is 5.69 Å². The van der Waals surface area contributed by atoms with Crippen molar-refractivity contribution in [3.63, 3.8) is 0 Å². The molecule has 1 saturated heterocycles. The smallest absolute Gasteiger partial charge is 0.311 e. The molecular formula is C21H21NO6. The lowest BCUT2D eigenvalue weighted by Crippen LogP contribution is -2.27. The number of esters is 1. The van der Waals surface area contributed by atoms with Gasteiger partial charge in [-0.25, -0.2) is 0 Å². The molecule has 1 fully saturated rings. The van der Waals surface area contributed by atoms with Crippen LogP contribution in [0.15, 0.2) is 48.5 Å². The highest BCUT2D eigenvalue weighted by Crippen LogP contribution is 2.36. The molecule has 0 bridgehead atoms. The SMILES string of the molecule is COc1ccc(N2C[C@@H](C(=O)OCC(=O)c3ccccc3)CC2=O)c(OC)c1. The van der Waals surface area contributed by atoms with Crippen molar-refractivity contribution in [3.8, 4) is 11.5 Å². The fourth-order valence-corrected chi connectivity index (χ4v) is 3.07. The molecule has 1 aliphatic heterocycles. The molecule has 2 aromatic rings. The molecule has 0 N–H and O–H groups in total. The molecule has 0 aliphatic carbocycles. The Morgan fingerprint density at radius 3 is 2.50 bits per heavy atom. The van der Waals surface area contributed by atoms with Crippen molar-refractivity contribution < 1.29 is 28.6 Å². The monoisotopic (exact) mass is 383 g/mol. The number of nitrogens with zero attached hydrogens (tertiary/aromatic N) is 1. The van der Waals surface area contributed by atoms with Gasteiger partial charge < -0.3 is 19.1 Å². The highest BCUT2D eigenvalue weighted by molar-refractivity contribution is 6.01. The van der Waals surface area contributed by atoms with Gasteiger partial charge in [0.15, 0.2) is 12.4 Å². The van der Waals surface area contributed by atoms with Gasteiger partial charge in [0.2, 0.25) is 5.91 Å². The van der Waals surface area contributed by atoms with Crippen molar-refractivity contribution in [1.82, 2.24) is 0 Å². The van der Waals surface area contributed by atoms with E-state index in [0.717, 1.165) is 0 Å². The summed E-state index contributed by atoms with van der Waals surface area (Å²) >= 11 is 0. The molecule has 0 radical (unpaired) electrons. The lowest BCUT2D eigenvalue weighted by atomic mass is 10.1. The average molecular weight is 383 g/mol. The Kier molecular flexibility index (Phi) is 5.93. The summed E-state index contributed by atoms with van der Waals surface area (Å²) in [6, 6.07) is 13.7. The summed E-state index contributed by atoms with van der Waals surface area (Å²) in [5, 5.41) is 0. The summed E-state index contributed by atoms with van der Waals surface area (Å²) < 4.78 is 15.6. The molecule has 7 nitrogen and oxygen atoms in total. The first-order chi connectivity index (χ1) is 13.5. The van der Waals surface area contributed by atoms with E-state index in [4.69, 9.17) is 14.2 Å². The fraction of sp³-hybridized carbons (Fsp3) is 0.286. The van der Waals surface area contributed by atoms with Crippen LogP contribution < -0.4 is 14.4 Å². The van der Waals surface area contributed by atoms with Gasteiger partial charge in [0, 0.05) is 24.6 Å². The highest BCUT2D eigenvalue weighted by atomic mass is 16.5. The van der Waals surface area contributed by atoms with Gasteiger partial charge in [-0.05, 0) is 12.1 Å². The van der Waals surface area contributed by atoms with Crippen LogP contribution in [0.1, 0.15) is 16.8 Å². The maximum Gasteiger partial charge on any atom is 0.311 e. The zero-order valence-corrected chi connectivity index (χ0v) is 15.7. The van der Waals surface area contributed by atoms with Gasteiger partial charge in [0.1, 0.15) is 11.5 Å². The normalized spacial score (nSPS) is 16.0. The number of ketones is 1. The second kappa shape index (κ2) is 8.56. The first-order valence-corrected chi connectivity index (χ1v) is 8.80. The van der Waals surface area contributed by atoms with E-state index in [2.05, 4.69) is 0 Å². The molecule has 28 heavy (non-hydrogen) atoms. The summed E-state index contributed by atoms with van der Waals surface area (Å²) in [6.07, 6.45) is 0.0214. The number of anilines is 1. The van der Waals surface area contributed by atoms with Gasteiger partial charge in [-0.3, -0.25) is 14.4 Å². The van der Waals surface area contributed by atoms with Crippen LogP contribution in [-0.4, -0.2) is 45.0 Å². The molecule has 146 valence electrons. The second-order valence-electron chi connectivity index (χ2n) is 6.34. The van der Waals surface area contributed by atoms with E-state index in [0.29, 0.717) is 22.7 Å². The number of amides is 1. The molecule has 3 rings (SSSR count). The quantitative estimate of drug-likeness (QED) is 0.540. The van der Waals surface area contributed by atoms with Gasteiger partial charge in [-0.2, -0.15) is 0 Å². The number of carbonyl (C=O) groups is 3. The predicted molar refractivity (Wildman–Crippen MR) is 102 cm³/mol. The van der Waals surface area contributed by atoms with Crippen molar-refractivity contribution in [1.29, 1.82) is 0 Å². The van der Waals surface area contributed by atoms with Crippen molar-refractivity contribution in [3.05, 3.63) is 54.1 Å². The average Bonchev–Trinajstić information content (AvgIpc) is 3.13. The molecule has 0 spiro atoms. The third-order valence-electron chi connectivity index (χ3n) is 4.58. The minimum Gasteiger partial charge on any atom is -0.497 e. The number of rotatable bonds is 7. The summed E-state index contributed by atoms with van der Waals surface area (Å²) in [6.45, 7) is -0.181. The summed E-state index contributed by atoms with van der Waals surface area (Å²) in [5.41, 5.74) is 1.03. The van der Waals surface area contributed by atoms with Crippen LogP contribution in [0.2, 0.25) is 0 Å². The minimum atomic E-state index is -0.636. The van der Waals surface area contributed by atoms with E-state index in [9.17, 15) is 14.4 Å². The van der Waals surface area contributed by atoms with Crippen molar-refractivity contribution in [2.45, 2.75) is 6.42 Å². The largest absolute Gasteiger partial charge is 0.497 e. The maximum absolute atomic E-state index is 12.4. The van der Waals surface area contributed by atoms with Crippen LogP contribution in [0.3, 0.4) is 0 Å². The summed E-state index contributed by atoms with van der Waals surface area (Å²) in [7, 11) is 3.04. The summed E-state index contributed by atoms with van der Waals surface area (Å²) in [5.74, 6) is -0.620. The fourth-order valence-electron chi connectivity index (χ4n) is 3.07. The number of methoxy groups -OCH3 is 2. The van der Waals surface area contributed by atoms with E-state index in [-0.39, 0.29) is 31.3 Å². The Morgan fingerprint density at radius 1 is 1.07 bits per heavy atom. The molecule has 2 aromatic carbocycles. The van der Waals surface area contributed by atoms with E-state index in [1.807, 2.05) is 0 Å². The Morgan fingerprint density at radius 2 is 1.82 bits per heavy atom. The van der Waals surface area contributed by atoms with Gasteiger partial charge >= 0.3 is 5.97 Å². The van der Waals surface area contributed by atoms with E-state index in [1.54, 1.807) is 48.5 Å². The van der Waals surface area contributed by atoms with Crippen LogP contribution in [-0.2, 0) is 14.3 Å². The van der Waals surface area contributed by atoms with Gasteiger partial charge in [0.05, 0.1) is 25.8 Å². The van der Waals surface area contributed by atoms with Gasteiger partial charge in [-0.1, -0.05) is 30.3 Å². The van der Waals surface area contributed by atoms with Crippen LogP contribution in [0.5, 0.6) is 11.5 Å². The zero-order chi connectivity index (χ0) is 20.1. The third kappa shape index (κ3) is 4.14. The van der Waals surface area contributed by atoms with E-state index >= 15 is 0 Å². The van der Waals surface area contributed by atoms with Crippen molar-refractivity contribution in [2.24, 2.45) is 5.92 Å². The first-order valence-electron chi connectivity index (χ1n) is 8.80. The molecular weight excluding hydrogens is 362 g/mol. The molecule has 7 heteroatoms. The molecule has 0 saturated carbocycles. The molecule has 1 heterocycles. The number of hydrogen-bond donors (Lipinski definition) is 0. The number of Topliss-reactive ketones (excluding diaryl/α,β-unsaturated/α-hetero) is 1. The standard InChI is InChI=1S/C21H21NO6/c1-26-16-8-9-17(19(11-16)27-2)22-12-15(10-20(22)24)21(25)28-13-18(23)14-6-4-3-5-7-14/h3-9,11,15H,10,12-13H2,1-2H3/t15-/m0/s1. The van der Waals surface area contributed by atoms with Gasteiger partial charge in [0.25, 0.3) is 0 Å². The highest BCUT2D eigenvalue weighted by Gasteiger charge is 2.37. The second-order valence-corrected chi connectivity index (χ2v) is 6.34. The number of hydrogen-bond acceptors (Lipinski definition) is 6. The lowest BCUT2D eigenvalue weighted by Gasteiger charge is -2.20. The Hall–Kier alpha value is -3.35. The Balaban J connectivity index is 1.64. The maximum atomic E-state index is 12.4. The zero-order valence-electron chi connectivity index (χ0n) is 15.7. The van der Waals surface area contributed by atoms with Gasteiger partial charge in [-0.15, -0.1) is 0 Å². The molecule has 0 aromatic heterocycles. The Bertz CT molecular complexity index is 880. The molecule has 1 atom stereocenters. The number of benzene rings is 2. The first kappa shape index (κ1) is 19.4. The molecule has 0 unspecified atom stereocenters. The third-order valence-corrected chi connectivity index (χ3v) is 4.58. The van der Waals surface area contributed by atoms with Crippen LogP contribution >= 0.6 is 0 Å². The minimum absolute atomic E-state index is 0.0214. The van der Waals surface area contributed by atoms with E-state index in [1.165, 1.54) is 19.1 Å². The van der Waals surface area contributed by atoms with Crippen LogP contribution in [0.25, 0.3) is 0 Å².